The molecule has 0 unspecified atom stereocenters. The number of hydrogen-bond acceptors (Lipinski definition) is 6. The molecule has 7 nitrogen and oxygen atoms in total. The van der Waals surface area contributed by atoms with Crippen molar-refractivity contribution in [2.24, 2.45) is 0 Å². The minimum Gasteiger partial charge on any atom is -0.394 e. The van der Waals surface area contributed by atoms with E-state index in [1.165, 1.54) is 0 Å². The number of halogens is 2. The lowest BCUT2D eigenvalue weighted by molar-refractivity contribution is -0.384. The van der Waals surface area contributed by atoms with Gasteiger partial charge in [-0.3, -0.25) is 10.1 Å². The van der Waals surface area contributed by atoms with Crippen molar-refractivity contribution in [2.45, 2.75) is 5.54 Å². The summed E-state index contributed by atoms with van der Waals surface area (Å²) >= 11 is 11.7. The molecule has 1 rings (SSSR count). The smallest absolute Gasteiger partial charge is 0.272 e. The topological polar surface area (TPSA) is 116 Å². The SMILES string of the molecule is O=[N+]([O-])c1cc(Cl)c(NC(CO)(CO)CO)c(Cl)c1. The van der Waals surface area contributed by atoms with E-state index in [2.05, 4.69) is 5.32 Å². The molecule has 0 radical (unpaired) electrons. The Morgan fingerprint density at radius 3 is 1.89 bits per heavy atom. The van der Waals surface area contributed by atoms with Gasteiger partial charge in [0.05, 0.1) is 40.5 Å². The number of benzene rings is 1. The number of hydrogen-bond donors (Lipinski definition) is 4. The summed E-state index contributed by atoms with van der Waals surface area (Å²) in [5, 5.41) is 40.7. The van der Waals surface area contributed by atoms with E-state index in [1.54, 1.807) is 0 Å². The van der Waals surface area contributed by atoms with Crippen molar-refractivity contribution in [1.29, 1.82) is 0 Å². The first kappa shape index (κ1) is 15.9. The molecule has 0 bridgehead atoms. The molecule has 0 spiro atoms. The number of non-ortho nitro benzene ring substituents is 1. The molecule has 0 amide bonds. The normalized spacial score (nSPS) is 11.4. The molecule has 4 N–H and O–H groups in total. The van der Waals surface area contributed by atoms with Crippen LogP contribution < -0.4 is 5.32 Å². The molecule has 0 aromatic heterocycles. The molecule has 0 heterocycles. The highest BCUT2D eigenvalue weighted by Gasteiger charge is 2.30. The Bertz CT molecular complexity index is 448. The van der Waals surface area contributed by atoms with E-state index < -0.39 is 30.3 Å². The Labute approximate surface area is 118 Å². The van der Waals surface area contributed by atoms with Gasteiger partial charge >= 0.3 is 0 Å². The van der Waals surface area contributed by atoms with Crippen molar-refractivity contribution in [3.05, 3.63) is 32.3 Å². The predicted molar refractivity (Wildman–Crippen MR) is 70.7 cm³/mol. The number of nitrogens with one attached hydrogen (secondary N) is 1. The molecule has 1 aromatic carbocycles. The summed E-state index contributed by atoms with van der Waals surface area (Å²) in [7, 11) is 0. The maximum absolute atomic E-state index is 10.6. The molecule has 0 aliphatic carbocycles. The zero-order chi connectivity index (χ0) is 14.6. The molecule has 9 heteroatoms. The van der Waals surface area contributed by atoms with Gasteiger partial charge in [-0.05, 0) is 0 Å². The van der Waals surface area contributed by atoms with Gasteiger partial charge in [-0.25, -0.2) is 0 Å². The van der Waals surface area contributed by atoms with Gasteiger partial charge in [-0.2, -0.15) is 0 Å². The minimum absolute atomic E-state index is 0.0566. The van der Waals surface area contributed by atoms with Crippen molar-refractivity contribution >= 4 is 34.6 Å². The molecular weight excluding hydrogens is 299 g/mol. The Morgan fingerprint density at radius 1 is 1.16 bits per heavy atom. The molecule has 0 aliphatic heterocycles. The number of nitro groups is 1. The van der Waals surface area contributed by atoms with Crippen LogP contribution in [0.25, 0.3) is 0 Å². The largest absolute Gasteiger partial charge is 0.394 e. The van der Waals surface area contributed by atoms with Crippen LogP contribution in [0.4, 0.5) is 11.4 Å². The molecule has 19 heavy (non-hydrogen) atoms. The van der Waals surface area contributed by atoms with Gasteiger partial charge < -0.3 is 20.6 Å². The van der Waals surface area contributed by atoms with Crippen molar-refractivity contribution in [3.63, 3.8) is 0 Å². The van der Waals surface area contributed by atoms with Crippen LogP contribution in [-0.2, 0) is 0 Å². The summed E-state index contributed by atoms with van der Waals surface area (Å²) < 4.78 is 0. The van der Waals surface area contributed by atoms with E-state index in [0.717, 1.165) is 12.1 Å². The number of nitrogens with zero attached hydrogens (tertiary/aromatic N) is 1. The summed E-state index contributed by atoms with van der Waals surface area (Å²) in [4.78, 5) is 9.96. The van der Waals surface area contributed by atoms with E-state index in [0.29, 0.717) is 0 Å². The molecule has 0 fully saturated rings. The number of aliphatic hydroxyl groups excluding tert-OH is 3. The first-order chi connectivity index (χ1) is 8.89. The third-order valence-electron chi connectivity index (χ3n) is 2.54. The predicted octanol–water partition coefficient (Wildman–Crippen LogP) is 1.03. The van der Waals surface area contributed by atoms with Crippen LogP contribution in [-0.4, -0.2) is 45.6 Å². The lowest BCUT2D eigenvalue weighted by Crippen LogP contribution is -2.49. The van der Waals surface area contributed by atoms with E-state index in [4.69, 9.17) is 23.2 Å². The van der Waals surface area contributed by atoms with Crippen LogP contribution in [0.15, 0.2) is 12.1 Å². The summed E-state index contributed by atoms with van der Waals surface area (Å²) in [6.07, 6.45) is 0. The molecule has 0 atom stereocenters. The van der Waals surface area contributed by atoms with Gasteiger partial charge in [0.2, 0.25) is 0 Å². The Morgan fingerprint density at radius 2 is 1.58 bits per heavy atom. The summed E-state index contributed by atoms with van der Waals surface area (Å²) in [5.74, 6) is 0. The van der Waals surface area contributed by atoms with Crippen LogP contribution in [0.5, 0.6) is 0 Å². The molecule has 0 aliphatic rings. The van der Waals surface area contributed by atoms with Crippen LogP contribution >= 0.6 is 23.2 Å². The van der Waals surface area contributed by atoms with Crippen molar-refractivity contribution in [1.82, 2.24) is 0 Å². The van der Waals surface area contributed by atoms with E-state index in [9.17, 15) is 25.4 Å². The second-order valence-electron chi connectivity index (χ2n) is 3.92. The fourth-order valence-corrected chi connectivity index (χ4v) is 1.89. The quantitative estimate of drug-likeness (QED) is 0.460. The maximum atomic E-state index is 10.6. The highest BCUT2D eigenvalue weighted by molar-refractivity contribution is 6.39. The number of anilines is 1. The van der Waals surface area contributed by atoms with Gasteiger partial charge in [-0.1, -0.05) is 23.2 Å². The second-order valence-corrected chi connectivity index (χ2v) is 4.74. The molecule has 0 saturated heterocycles. The average Bonchev–Trinajstić information content (AvgIpc) is 2.39. The minimum atomic E-state index is -1.43. The van der Waals surface area contributed by atoms with Crippen LogP contribution in [0.1, 0.15) is 0 Å². The number of rotatable bonds is 6. The van der Waals surface area contributed by atoms with Crippen LogP contribution in [0.2, 0.25) is 10.0 Å². The average molecular weight is 311 g/mol. The Balaban J connectivity index is 3.18. The summed E-state index contributed by atoms with van der Waals surface area (Å²) in [5.41, 5.74) is -1.63. The monoisotopic (exact) mass is 310 g/mol. The second kappa shape index (κ2) is 6.36. The third-order valence-corrected chi connectivity index (χ3v) is 3.13. The van der Waals surface area contributed by atoms with Crippen molar-refractivity contribution in [2.75, 3.05) is 25.1 Å². The number of aliphatic hydroxyl groups is 3. The lowest BCUT2D eigenvalue weighted by Gasteiger charge is -2.30. The molecule has 0 saturated carbocycles. The standard InChI is InChI=1S/C10H12Cl2N2O5/c11-7-1-6(14(18)19)2-8(12)9(7)13-10(3-15,4-16)5-17/h1-2,13,15-17H,3-5H2. The fraction of sp³-hybridized carbons (Fsp3) is 0.400. The molecule has 106 valence electrons. The highest BCUT2D eigenvalue weighted by Crippen LogP contribution is 2.36. The first-order valence-corrected chi connectivity index (χ1v) is 5.89. The third kappa shape index (κ3) is 3.46. The van der Waals surface area contributed by atoms with E-state index in [1.807, 2.05) is 0 Å². The van der Waals surface area contributed by atoms with Crippen LogP contribution in [0.3, 0.4) is 0 Å². The first-order valence-electron chi connectivity index (χ1n) is 5.13. The zero-order valence-corrected chi connectivity index (χ0v) is 11.1. The van der Waals surface area contributed by atoms with Gasteiger partial charge in [0.1, 0.15) is 5.54 Å². The zero-order valence-electron chi connectivity index (χ0n) is 9.64. The Kier molecular flexibility index (Phi) is 5.33. The van der Waals surface area contributed by atoms with Gasteiger partial charge in [-0.15, -0.1) is 0 Å². The van der Waals surface area contributed by atoms with Crippen LogP contribution in [0, 0.1) is 10.1 Å². The molecule has 1 aromatic rings. The maximum Gasteiger partial charge on any atom is 0.272 e. The Hall–Kier alpha value is -1.12. The molecular formula is C10H12Cl2N2O5. The fourth-order valence-electron chi connectivity index (χ4n) is 1.32. The van der Waals surface area contributed by atoms with E-state index >= 15 is 0 Å². The van der Waals surface area contributed by atoms with Gasteiger partial charge in [0.25, 0.3) is 5.69 Å². The number of nitro benzene ring substituents is 1. The van der Waals surface area contributed by atoms with Gasteiger partial charge in [0.15, 0.2) is 0 Å². The highest BCUT2D eigenvalue weighted by atomic mass is 35.5. The summed E-state index contributed by atoms with van der Waals surface area (Å²) in [6.45, 7) is -1.74. The van der Waals surface area contributed by atoms with Crippen molar-refractivity contribution < 1.29 is 20.2 Å². The van der Waals surface area contributed by atoms with Gasteiger partial charge in [0, 0.05) is 12.1 Å². The lowest BCUT2D eigenvalue weighted by atomic mass is 10.0. The van der Waals surface area contributed by atoms with Crippen molar-refractivity contribution in [3.8, 4) is 0 Å². The summed E-state index contributed by atoms with van der Waals surface area (Å²) in [6, 6.07) is 2.15. The van der Waals surface area contributed by atoms with E-state index in [-0.39, 0.29) is 21.4 Å².